The van der Waals surface area contributed by atoms with Gasteiger partial charge in [-0.25, -0.2) is 4.98 Å². The molecule has 142 valence electrons. The molecule has 0 saturated carbocycles. The van der Waals surface area contributed by atoms with Crippen molar-refractivity contribution in [3.63, 3.8) is 0 Å². The van der Waals surface area contributed by atoms with Crippen LogP contribution in [0.1, 0.15) is 49.7 Å². The number of hydrogen-bond acceptors (Lipinski definition) is 5. The Morgan fingerprint density at radius 2 is 1.89 bits per heavy atom. The van der Waals surface area contributed by atoms with E-state index in [9.17, 15) is 0 Å². The maximum atomic E-state index is 6.25. The van der Waals surface area contributed by atoms with E-state index in [2.05, 4.69) is 34.5 Å². The molecule has 3 N–H and O–H groups in total. The SMILES string of the molecule is Nc1nc2c(c(N3CCCC[C@]34CCCNC4)n1)CCCc1ccccc1-2. The van der Waals surface area contributed by atoms with Gasteiger partial charge in [0.05, 0.1) is 11.2 Å². The van der Waals surface area contributed by atoms with Gasteiger partial charge in [-0.3, -0.25) is 0 Å². The Hall–Kier alpha value is -2.14. The Morgan fingerprint density at radius 1 is 1.00 bits per heavy atom. The second kappa shape index (κ2) is 6.79. The molecule has 2 aromatic rings. The van der Waals surface area contributed by atoms with E-state index in [1.807, 2.05) is 0 Å². The van der Waals surface area contributed by atoms with Crippen LogP contribution in [0.5, 0.6) is 0 Å². The lowest BCUT2D eigenvalue weighted by molar-refractivity contribution is 0.240. The van der Waals surface area contributed by atoms with Crippen molar-refractivity contribution < 1.29 is 0 Å². The summed E-state index contributed by atoms with van der Waals surface area (Å²) in [5, 5.41) is 3.65. The van der Waals surface area contributed by atoms with Crippen molar-refractivity contribution in [3.8, 4) is 11.3 Å². The zero-order valence-corrected chi connectivity index (χ0v) is 16.0. The summed E-state index contributed by atoms with van der Waals surface area (Å²) >= 11 is 0. The number of hydrogen-bond donors (Lipinski definition) is 2. The van der Waals surface area contributed by atoms with Crippen LogP contribution in [-0.4, -0.2) is 35.1 Å². The van der Waals surface area contributed by atoms with Crippen molar-refractivity contribution in [1.82, 2.24) is 15.3 Å². The number of nitrogen functional groups attached to an aromatic ring is 1. The summed E-state index contributed by atoms with van der Waals surface area (Å²) in [5.41, 5.74) is 11.4. The largest absolute Gasteiger partial charge is 0.368 e. The number of piperidine rings is 2. The number of anilines is 2. The standard InChI is InChI=1S/C22H29N5/c23-21-25-19-17-9-2-1-7-16(17)8-5-10-18(19)20(26-21)27-14-4-3-11-22(27)12-6-13-24-15-22/h1-2,7,9,24H,3-6,8,10-15H2,(H2,23,25,26)/t22-/m1/s1. The number of fused-ring (bicyclic) bond motifs is 3. The molecule has 1 aromatic carbocycles. The normalized spacial score (nSPS) is 25.0. The van der Waals surface area contributed by atoms with Gasteiger partial charge < -0.3 is 16.0 Å². The zero-order valence-electron chi connectivity index (χ0n) is 16.0. The van der Waals surface area contributed by atoms with Crippen LogP contribution in [0.25, 0.3) is 11.3 Å². The molecule has 5 nitrogen and oxygen atoms in total. The second-order valence-corrected chi connectivity index (χ2v) is 8.36. The maximum absolute atomic E-state index is 6.25. The highest BCUT2D eigenvalue weighted by molar-refractivity contribution is 5.74. The van der Waals surface area contributed by atoms with Gasteiger partial charge in [-0.15, -0.1) is 0 Å². The van der Waals surface area contributed by atoms with E-state index in [-0.39, 0.29) is 5.54 Å². The monoisotopic (exact) mass is 363 g/mol. The first-order valence-electron chi connectivity index (χ1n) is 10.5. The van der Waals surface area contributed by atoms with Crippen molar-refractivity contribution in [1.29, 1.82) is 0 Å². The van der Waals surface area contributed by atoms with Crippen molar-refractivity contribution in [2.75, 3.05) is 30.3 Å². The van der Waals surface area contributed by atoms with Crippen LogP contribution < -0.4 is 16.0 Å². The van der Waals surface area contributed by atoms with Crippen LogP contribution in [0.2, 0.25) is 0 Å². The summed E-state index contributed by atoms with van der Waals surface area (Å²) in [5.74, 6) is 1.52. The van der Waals surface area contributed by atoms with Gasteiger partial charge in [-0.2, -0.15) is 4.98 Å². The van der Waals surface area contributed by atoms with Gasteiger partial charge in [-0.05, 0) is 63.5 Å². The lowest BCUT2D eigenvalue weighted by Crippen LogP contribution is -2.60. The zero-order chi connectivity index (χ0) is 18.3. The van der Waals surface area contributed by atoms with Gasteiger partial charge in [-0.1, -0.05) is 24.3 Å². The first kappa shape index (κ1) is 17.0. The fourth-order valence-corrected chi connectivity index (χ4v) is 5.41. The predicted molar refractivity (Wildman–Crippen MR) is 110 cm³/mol. The Bertz CT molecular complexity index is 832. The molecule has 0 unspecified atom stereocenters. The van der Waals surface area contributed by atoms with Gasteiger partial charge in [0.25, 0.3) is 0 Å². The molecule has 0 amide bonds. The summed E-state index contributed by atoms with van der Waals surface area (Å²) in [7, 11) is 0. The van der Waals surface area contributed by atoms with Crippen molar-refractivity contribution >= 4 is 11.8 Å². The third kappa shape index (κ3) is 2.89. The summed E-state index contributed by atoms with van der Waals surface area (Å²) in [6.45, 7) is 3.27. The molecule has 2 fully saturated rings. The van der Waals surface area contributed by atoms with E-state index in [4.69, 9.17) is 15.7 Å². The van der Waals surface area contributed by atoms with Gasteiger partial charge in [0.15, 0.2) is 0 Å². The molecule has 5 heteroatoms. The first-order valence-corrected chi connectivity index (χ1v) is 10.5. The number of aromatic nitrogens is 2. The summed E-state index contributed by atoms with van der Waals surface area (Å²) in [4.78, 5) is 12.2. The first-order chi connectivity index (χ1) is 13.3. The Labute approximate surface area is 161 Å². The molecule has 1 atom stereocenters. The second-order valence-electron chi connectivity index (χ2n) is 8.36. The third-order valence-electron chi connectivity index (χ3n) is 6.70. The van der Waals surface area contributed by atoms with Crippen LogP contribution in [0.4, 0.5) is 11.8 Å². The highest BCUT2D eigenvalue weighted by Gasteiger charge is 2.42. The minimum absolute atomic E-state index is 0.191. The molecular weight excluding hydrogens is 334 g/mol. The minimum atomic E-state index is 0.191. The Balaban J connectivity index is 1.66. The summed E-state index contributed by atoms with van der Waals surface area (Å²) < 4.78 is 0. The average Bonchev–Trinajstić information content (AvgIpc) is 2.88. The van der Waals surface area contributed by atoms with Crippen LogP contribution in [0.15, 0.2) is 24.3 Å². The maximum Gasteiger partial charge on any atom is 0.222 e. The molecule has 1 aromatic heterocycles. The predicted octanol–water partition coefficient (Wildman–Crippen LogP) is 3.33. The number of aryl methyl sites for hydroxylation is 1. The number of benzene rings is 1. The number of nitrogens with one attached hydrogen (secondary N) is 1. The molecule has 1 spiro atoms. The van der Waals surface area contributed by atoms with Crippen LogP contribution in [0, 0.1) is 0 Å². The van der Waals surface area contributed by atoms with Crippen molar-refractivity contribution in [2.24, 2.45) is 0 Å². The summed E-state index contributed by atoms with van der Waals surface area (Å²) in [6.07, 6.45) is 9.54. The van der Waals surface area contributed by atoms with E-state index in [1.165, 1.54) is 48.8 Å². The molecule has 5 rings (SSSR count). The van der Waals surface area contributed by atoms with Crippen LogP contribution in [-0.2, 0) is 12.8 Å². The molecule has 3 heterocycles. The molecule has 2 aliphatic heterocycles. The molecule has 1 aliphatic carbocycles. The smallest absolute Gasteiger partial charge is 0.222 e. The topological polar surface area (TPSA) is 67.1 Å². The van der Waals surface area contributed by atoms with E-state index < -0.39 is 0 Å². The quantitative estimate of drug-likeness (QED) is 0.813. The van der Waals surface area contributed by atoms with Gasteiger partial charge in [0.2, 0.25) is 5.95 Å². The number of nitrogens with zero attached hydrogens (tertiary/aromatic N) is 3. The van der Waals surface area contributed by atoms with E-state index in [0.717, 1.165) is 50.4 Å². The van der Waals surface area contributed by atoms with E-state index in [1.54, 1.807) is 0 Å². The highest BCUT2D eigenvalue weighted by Crippen LogP contribution is 2.42. The van der Waals surface area contributed by atoms with Crippen molar-refractivity contribution in [3.05, 3.63) is 35.4 Å². The lowest BCUT2D eigenvalue weighted by Gasteiger charge is -2.51. The molecule has 2 saturated heterocycles. The molecule has 0 bridgehead atoms. The highest BCUT2D eigenvalue weighted by atomic mass is 15.3. The lowest BCUT2D eigenvalue weighted by atomic mass is 9.80. The fourth-order valence-electron chi connectivity index (χ4n) is 5.41. The third-order valence-corrected chi connectivity index (χ3v) is 6.70. The molecule has 0 radical (unpaired) electrons. The molecule has 27 heavy (non-hydrogen) atoms. The average molecular weight is 364 g/mol. The molecular formula is C22H29N5. The number of rotatable bonds is 1. The Morgan fingerprint density at radius 3 is 2.78 bits per heavy atom. The van der Waals surface area contributed by atoms with Crippen LogP contribution in [0.3, 0.4) is 0 Å². The minimum Gasteiger partial charge on any atom is -0.368 e. The van der Waals surface area contributed by atoms with Gasteiger partial charge in [0.1, 0.15) is 5.82 Å². The van der Waals surface area contributed by atoms with E-state index in [0.29, 0.717) is 5.95 Å². The van der Waals surface area contributed by atoms with Crippen LogP contribution >= 0.6 is 0 Å². The van der Waals surface area contributed by atoms with Crippen molar-refractivity contribution in [2.45, 2.75) is 56.9 Å². The van der Waals surface area contributed by atoms with Gasteiger partial charge in [0, 0.05) is 24.2 Å². The number of nitrogens with two attached hydrogens (primary N) is 1. The van der Waals surface area contributed by atoms with E-state index >= 15 is 0 Å². The Kier molecular flexibility index (Phi) is 4.27. The molecule has 3 aliphatic rings. The van der Waals surface area contributed by atoms with Gasteiger partial charge >= 0.3 is 0 Å². The fraction of sp³-hybridized carbons (Fsp3) is 0.545. The summed E-state index contributed by atoms with van der Waals surface area (Å²) in [6, 6.07) is 8.67.